The number of hydrogen-bond acceptors (Lipinski definition) is 2. The number of amides is 1. The number of carbonyl (C=O) groups excluding carboxylic acids is 1. The normalized spacial score (nSPS) is 11.9. The van der Waals surface area contributed by atoms with Crippen molar-refractivity contribution in [3.63, 3.8) is 0 Å². The second-order valence-electron chi connectivity index (χ2n) is 5.23. The van der Waals surface area contributed by atoms with Crippen molar-refractivity contribution in [1.82, 2.24) is 5.32 Å². The van der Waals surface area contributed by atoms with Crippen molar-refractivity contribution in [1.29, 1.82) is 0 Å². The van der Waals surface area contributed by atoms with Crippen LogP contribution in [-0.2, 0) is 11.2 Å². The Labute approximate surface area is 143 Å². The van der Waals surface area contributed by atoms with Gasteiger partial charge in [-0.15, -0.1) is 0 Å². The zero-order valence-electron chi connectivity index (χ0n) is 12.4. The van der Waals surface area contributed by atoms with Crippen LogP contribution in [0.4, 0.5) is 0 Å². The minimum atomic E-state index is -0.283. The van der Waals surface area contributed by atoms with Crippen LogP contribution < -0.4 is 5.32 Å². The second kappa shape index (κ2) is 7.29. The van der Waals surface area contributed by atoms with Crippen LogP contribution in [0.15, 0.2) is 81.9 Å². The van der Waals surface area contributed by atoms with Crippen LogP contribution in [0, 0.1) is 0 Å². The van der Waals surface area contributed by atoms with E-state index in [0.29, 0.717) is 6.42 Å². The molecular weight excluding hydrogens is 354 g/mol. The minimum absolute atomic E-state index is 0.0439. The van der Waals surface area contributed by atoms with E-state index in [0.717, 1.165) is 21.4 Å². The lowest BCUT2D eigenvalue weighted by atomic mass is 10.0. The number of nitrogens with one attached hydrogen (secondary N) is 1. The summed E-state index contributed by atoms with van der Waals surface area (Å²) in [6, 6.07) is 21.0. The summed E-state index contributed by atoms with van der Waals surface area (Å²) in [6.07, 6.45) is 1.95. The Morgan fingerprint density at radius 1 is 1.00 bits per heavy atom. The number of halogens is 1. The van der Waals surface area contributed by atoms with Gasteiger partial charge < -0.3 is 9.73 Å². The Hall–Kier alpha value is -2.33. The fourth-order valence-corrected chi connectivity index (χ4v) is 2.68. The topological polar surface area (TPSA) is 42.2 Å². The molecule has 0 aliphatic heterocycles. The molecule has 0 bridgehead atoms. The predicted molar refractivity (Wildman–Crippen MR) is 93.0 cm³/mol. The lowest BCUT2D eigenvalue weighted by Crippen LogP contribution is -2.30. The Balaban J connectivity index is 1.76. The van der Waals surface area contributed by atoms with E-state index in [1.807, 2.05) is 66.7 Å². The molecule has 3 rings (SSSR count). The van der Waals surface area contributed by atoms with E-state index in [2.05, 4.69) is 21.2 Å². The fraction of sp³-hybridized carbons (Fsp3) is 0.105. The van der Waals surface area contributed by atoms with Gasteiger partial charge in [-0.1, -0.05) is 58.4 Å². The highest BCUT2D eigenvalue weighted by Crippen LogP contribution is 2.22. The van der Waals surface area contributed by atoms with Crippen molar-refractivity contribution in [3.8, 4) is 0 Å². The molecule has 23 heavy (non-hydrogen) atoms. The summed E-state index contributed by atoms with van der Waals surface area (Å²) >= 11 is 3.40. The predicted octanol–water partition coefficient (Wildman–Crippen LogP) is 4.49. The molecule has 0 aliphatic carbocycles. The monoisotopic (exact) mass is 369 g/mol. The summed E-state index contributed by atoms with van der Waals surface area (Å²) in [4.78, 5) is 12.4. The highest BCUT2D eigenvalue weighted by atomic mass is 79.9. The maximum atomic E-state index is 12.4. The number of benzene rings is 2. The molecule has 1 heterocycles. The summed E-state index contributed by atoms with van der Waals surface area (Å²) in [7, 11) is 0. The molecule has 3 nitrogen and oxygen atoms in total. The summed E-state index contributed by atoms with van der Waals surface area (Å²) < 4.78 is 6.50. The summed E-state index contributed by atoms with van der Waals surface area (Å²) in [5.41, 5.74) is 1.96. The van der Waals surface area contributed by atoms with Gasteiger partial charge in [0.05, 0.1) is 12.7 Å². The molecule has 2 aromatic carbocycles. The summed E-state index contributed by atoms with van der Waals surface area (Å²) in [6.45, 7) is 0. The first kappa shape index (κ1) is 15.6. The lowest BCUT2D eigenvalue weighted by molar-refractivity contribution is -0.121. The smallest absolute Gasteiger partial charge is 0.225 e. The van der Waals surface area contributed by atoms with Crippen molar-refractivity contribution < 1.29 is 9.21 Å². The summed E-state index contributed by atoms with van der Waals surface area (Å²) in [5, 5.41) is 3.05. The Morgan fingerprint density at radius 3 is 2.39 bits per heavy atom. The van der Waals surface area contributed by atoms with E-state index >= 15 is 0 Å². The zero-order chi connectivity index (χ0) is 16.1. The fourth-order valence-electron chi connectivity index (χ4n) is 2.42. The molecule has 116 valence electrons. The zero-order valence-corrected chi connectivity index (χ0v) is 14.0. The second-order valence-corrected chi connectivity index (χ2v) is 6.15. The molecule has 0 spiro atoms. The largest absolute Gasteiger partial charge is 0.467 e. The third-order valence-corrected chi connectivity index (χ3v) is 4.07. The van der Waals surface area contributed by atoms with Gasteiger partial charge in [0.2, 0.25) is 5.91 Å². The van der Waals surface area contributed by atoms with Crippen molar-refractivity contribution in [2.75, 3.05) is 0 Å². The van der Waals surface area contributed by atoms with Crippen LogP contribution in [0.25, 0.3) is 0 Å². The Kier molecular flexibility index (Phi) is 4.93. The van der Waals surface area contributed by atoms with Crippen LogP contribution in [0.5, 0.6) is 0 Å². The molecule has 0 radical (unpaired) electrons. The van der Waals surface area contributed by atoms with Crippen LogP contribution in [0.3, 0.4) is 0 Å². The molecule has 1 aromatic heterocycles. The number of hydrogen-bond donors (Lipinski definition) is 1. The molecule has 1 unspecified atom stereocenters. The molecule has 4 heteroatoms. The van der Waals surface area contributed by atoms with Gasteiger partial charge in [0.1, 0.15) is 11.8 Å². The molecular formula is C19H16BrNO2. The molecule has 1 amide bonds. The first-order valence-electron chi connectivity index (χ1n) is 7.34. The van der Waals surface area contributed by atoms with Crippen LogP contribution in [0.1, 0.15) is 22.9 Å². The molecule has 0 aliphatic rings. The van der Waals surface area contributed by atoms with Gasteiger partial charge in [0.25, 0.3) is 0 Å². The van der Waals surface area contributed by atoms with Gasteiger partial charge >= 0.3 is 0 Å². The highest BCUT2D eigenvalue weighted by molar-refractivity contribution is 9.10. The van der Waals surface area contributed by atoms with Gasteiger partial charge in [-0.3, -0.25) is 4.79 Å². The summed E-state index contributed by atoms with van der Waals surface area (Å²) in [5.74, 6) is 0.679. The first-order valence-corrected chi connectivity index (χ1v) is 8.14. The molecule has 0 fully saturated rings. The van der Waals surface area contributed by atoms with Gasteiger partial charge in [0, 0.05) is 4.47 Å². The van der Waals surface area contributed by atoms with Gasteiger partial charge in [0.15, 0.2) is 0 Å². The van der Waals surface area contributed by atoms with Gasteiger partial charge in [-0.25, -0.2) is 0 Å². The van der Waals surface area contributed by atoms with E-state index < -0.39 is 0 Å². The maximum Gasteiger partial charge on any atom is 0.225 e. The number of carbonyl (C=O) groups is 1. The van der Waals surface area contributed by atoms with E-state index in [4.69, 9.17) is 4.42 Å². The third-order valence-electron chi connectivity index (χ3n) is 3.54. The van der Waals surface area contributed by atoms with Crippen molar-refractivity contribution in [2.45, 2.75) is 12.5 Å². The van der Waals surface area contributed by atoms with Crippen molar-refractivity contribution in [3.05, 3.63) is 94.4 Å². The average molecular weight is 370 g/mol. The van der Waals surface area contributed by atoms with Crippen LogP contribution >= 0.6 is 15.9 Å². The molecule has 1 atom stereocenters. The minimum Gasteiger partial charge on any atom is -0.467 e. The van der Waals surface area contributed by atoms with Gasteiger partial charge in [-0.2, -0.15) is 0 Å². The Morgan fingerprint density at radius 2 is 1.74 bits per heavy atom. The van der Waals surface area contributed by atoms with E-state index in [1.54, 1.807) is 6.26 Å². The van der Waals surface area contributed by atoms with Crippen LogP contribution in [-0.4, -0.2) is 5.91 Å². The quantitative estimate of drug-likeness (QED) is 0.719. The maximum absolute atomic E-state index is 12.4. The van der Waals surface area contributed by atoms with E-state index in [-0.39, 0.29) is 11.9 Å². The van der Waals surface area contributed by atoms with Crippen molar-refractivity contribution >= 4 is 21.8 Å². The molecule has 0 saturated carbocycles. The lowest BCUT2D eigenvalue weighted by Gasteiger charge is -2.17. The molecule has 1 N–H and O–H groups in total. The number of furan rings is 1. The van der Waals surface area contributed by atoms with E-state index in [9.17, 15) is 4.79 Å². The third kappa shape index (κ3) is 4.11. The first-order chi connectivity index (χ1) is 11.2. The molecule has 3 aromatic rings. The standard InChI is InChI=1S/C19H16BrNO2/c20-16-10-8-14(9-11-16)13-18(22)21-19(17-7-4-12-23-17)15-5-2-1-3-6-15/h1-12,19H,13H2,(H,21,22). The van der Waals surface area contributed by atoms with Crippen LogP contribution in [0.2, 0.25) is 0 Å². The number of rotatable bonds is 5. The average Bonchev–Trinajstić information content (AvgIpc) is 3.10. The van der Waals surface area contributed by atoms with E-state index in [1.165, 1.54) is 0 Å². The van der Waals surface area contributed by atoms with Crippen molar-refractivity contribution in [2.24, 2.45) is 0 Å². The SMILES string of the molecule is O=C(Cc1ccc(Br)cc1)NC(c1ccccc1)c1ccco1. The Bertz CT molecular complexity index is 752. The van der Waals surface area contributed by atoms with Gasteiger partial charge in [-0.05, 0) is 35.4 Å². The molecule has 0 saturated heterocycles. The highest BCUT2D eigenvalue weighted by Gasteiger charge is 2.19.